The summed E-state index contributed by atoms with van der Waals surface area (Å²) in [6, 6.07) is 26.1. The van der Waals surface area contributed by atoms with Gasteiger partial charge < -0.3 is 0 Å². The van der Waals surface area contributed by atoms with Crippen molar-refractivity contribution in [3.63, 3.8) is 0 Å². The Labute approximate surface area is 165 Å². The van der Waals surface area contributed by atoms with Crippen LogP contribution in [0.3, 0.4) is 0 Å². The third-order valence-corrected chi connectivity index (χ3v) is 7.22. The van der Waals surface area contributed by atoms with E-state index in [1.54, 1.807) is 24.3 Å². The van der Waals surface area contributed by atoms with E-state index in [4.69, 9.17) is 0 Å². The zero-order valence-electron chi connectivity index (χ0n) is 15.5. The molecule has 1 unspecified atom stereocenters. The van der Waals surface area contributed by atoms with Gasteiger partial charge in [-0.25, -0.2) is 8.42 Å². The standard InChI is InChI=1S/C23H20N2O2S/c1-18-11-13-21(14-12-18)28(26,27)25-22-10-6-5-7-19(22)17-23(25,15-16-24)20-8-3-2-4-9-20/h2-14H,15,17H2,1H3. The molecule has 0 saturated carbocycles. The first-order valence-electron chi connectivity index (χ1n) is 9.11. The second kappa shape index (κ2) is 6.81. The normalized spacial score (nSPS) is 18.5. The average molecular weight is 388 g/mol. The Morgan fingerprint density at radius 2 is 1.61 bits per heavy atom. The highest BCUT2D eigenvalue weighted by Crippen LogP contribution is 2.49. The lowest BCUT2D eigenvalue weighted by Crippen LogP contribution is -2.47. The van der Waals surface area contributed by atoms with Crippen LogP contribution >= 0.6 is 0 Å². The quantitative estimate of drug-likeness (QED) is 0.658. The van der Waals surface area contributed by atoms with Crippen molar-refractivity contribution in [3.8, 4) is 6.07 Å². The van der Waals surface area contributed by atoms with E-state index in [9.17, 15) is 13.7 Å². The predicted octanol–water partition coefficient (Wildman–Crippen LogP) is 4.56. The molecule has 0 bridgehead atoms. The minimum Gasteiger partial charge on any atom is -0.254 e. The molecule has 3 aromatic carbocycles. The number of sulfonamides is 1. The SMILES string of the molecule is Cc1ccc(S(=O)(=O)N2c3ccccc3CC2(CC#N)c2ccccc2)cc1. The van der Waals surface area contributed by atoms with Gasteiger partial charge in [0.2, 0.25) is 0 Å². The molecule has 0 spiro atoms. The second-order valence-electron chi connectivity index (χ2n) is 7.12. The first-order valence-corrected chi connectivity index (χ1v) is 10.6. The van der Waals surface area contributed by atoms with E-state index in [0.29, 0.717) is 12.1 Å². The van der Waals surface area contributed by atoms with E-state index in [1.807, 2.05) is 61.5 Å². The van der Waals surface area contributed by atoms with E-state index in [1.165, 1.54) is 4.31 Å². The van der Waals surface area contributed by atoms with Crippen LogP contribution in [0.1, 0.15) is 23.1 Å². The van der Waals surface area contributed by atoms with Gasteiger partial charge in [-0.05, 0) is 36.2 Å². The fraction of sp³-hybridized carbons (Fsp3) is 0.174. The van der Waals surface area contributed by atoms with E-state index in [0.717, 1.165) is 16.7 Å². The van der Waals surface area contributed by atoms with E-state index in [2.05, 4.69) is 6.07 Å². The maximum absolute atomic E-state index is 13.8. The third kappa shape index (κ3) is 2.78. The molecule has 0 aliphatic carbocycles. The molecule has 4 rings (SSSR count). The summed E-state index contributed by atoms with van der Waals surface area (Å²) < 4.78 is 29.0. The van der Waals surface area contributed by atoms with Crippen LogP contribution in [0.4, 0.5) is 5.69 Å². The second-order valence-corrected chi connectivity index (χ2v) is 8.91. The van der Waals surface area contributed by atoms with Crippen LogP contribution in [0.15, 0.2) is 83.8 Å². The maximum atomic E-state index is 13.8. The van der Waals surface area contributed by atoms with Crippen molar-refractivity contribution in [1.82, 2.24) is 0 Å². The van der Waals surface area contributed by atoms with E-state index in [-0.39, 0.29) is 11.3 Å². The zero-order chi connectivity index (χ0) is 19.8. The Kier molecular flexibility index (Phi) is 4.44. The average Bonchev–Trinajstić information content (AvgIpc) is 3.05. The molecule has 1 aliphatic rings. The van der Waals surface area contributed by atoms with Crippen molar-refractivity contribution >= 4 is 15.7 Å². The van der Waals surface area contributed by atoms with Crippen LogP contribution in [-0.4, -0.2) is 8.42 Å². The van der Waals surface area contributed by atoms with Crippen molar-refractivity contribution in [3.05, 3.63) is 95.6 Å². The number of aryl methyl sites for hydroxylation is 1. The number of rotatable bonds is 4. The molecule has 0 radical (unpaired) electrons. The number of fused-ring (bicyclic) bond motifs is 1. The molecule has 140 valence electrons. The predicted molar refractivity (Wildman–Crippen MR) is 109 cm³/mol. The highest BCUT2D eigenvalue weighted by molar-refractivity contribution is 7.93. The van der Waals surface area contributed by atoms with Crippen molar-refractivity contribution in [2.24, 2.45) is 0 Å². The number of hydrogen-bond acceptors (Lipinski definition) is 3. The molecular weight excluding hydrogens is 368 g/mol. The summed E-state index contributed by atoms with van der Waals surface area (Å²) in [6.07, 6.45) is 0.530. The molecular formula is C23H20N2O2S. The monoisotopic (exact) mass is 388 g/mol. The zero-order valence-corrected chi connectivity index (χ0v) is 16.4. The summed E-state index contributed by atoms with van der Waals surface area (Å²) in [5.74, 6) is 0. The Balaban J connectivity index is 1.99. The van der Waals surface area contributed by atoms with Crippen molar-refractivity contribution < 1.29 is 8.42 Å². The minimum atomic E-state index is -3.86. The third-order valence-electron chi connectivity index (χ3n) is 5.32. The van der Waals surface area contributed by atoms with Gasteiger partial charge in [0.25, 0.3) is 10.0 Å². The van der Waals surface area contributed by atoms with Crippen molar-refractivity contribution in [2.75, 3.05) is 4.31 Å². The Morgan fingerprint density at radius 3 is 2.29 bits per heavy atom. The molecule has 1 heterocycles. The van der Waals surface area contributed by atoms with Crippen LogP contribution in [0.25, 0.3) is 0 Å². The summed E-state index contributed by atoms with van der Waals surface area (Å²) in [5.41, 5.74) is 2.42. The molecule has 1 aliphatic heterocycles. The van der Waals surface area contributed by atoms with Crippen molar-refractivity contribution in [2.45, 2.75) is 30.2 Å². The number of benzene rings is 3. The van der Waals surface area contributed by atoms with Gasteiger partial charge in [-0.15, -0.1) is 0 Å². The largest absolute Gasteiger partial charge is 0.265 e. The van der Waals surface area contributed by atoms with Crippen LogP contribution in [0, 0.1) is 18.3 Å². The summed E-state index contributed by atoms with van der Waals surface area (Å²) in [5, 5.41) is 9.65. The topological polar surface area (TPSA) is 61.2 Å². The van der Waals surface area contributed by atoms with Gasteiger partial charge in [-0.1, -0.05) is 66.2 Å². The van der Waals surface area contributed by atoms with Gasteiger partial charge in [-0.3, -0.25) is 4.31 Å². The fourth-order valence-corrected chi connectivity index (χ4v) is 5.81. The number of nitrogens with zero attached hydrogens (tertiary/aromatic N) is 2. The van der Waals surface area contributed by atoms with Gasteiger partial charge in [-0.2, -0.15) is 5.26 Å². The van der Waals surface area contributed by atoms with Gasteiger partial charge in [0.15, 0.2) is 0 Å². The van der Waals surface area contributed by atoms with Gasteiger partial charge >= 0.3 is 0 Å². The van der Waals surface area contributed by atoms with Crippen LogP contribution < -0.4 is 4.31 Å². The highest BCUT2D eigenvalue weighted by Gasteiger charge is 2.51. The Morgan fingerprint density at radius 1 is 0.964 bits per heavy atom. The van der Waals surface area contributed by atoms with Gasteiger partial charge in [0, 0.05) is 6.42 Å². The molecule has 0 saturated heterocycles. The van der Waals surface area contributed by atoms with Crippen LogP contribution in [-0.2, 0) is 22.0 Å². The molecule has 0 fully saturated rings. The van der Waals surface area contributed by atoms with Crippen LogP contribution in [0.2, 0.25) is 0 Å². The summed E-state index contributed by atoms with van der Waals surface area (Å²) >= 11 is 0. The first-order chi connectivity index (χ1) is 13.5. The summed E-state index contributed by atoms with van der Waals surface area (Å²) in [7, 11) is -3.86. The molecule has 0 amide bonds. The van der Waals surface area contributed by atoms with Gasteiger partial charge in [0.1, 0.15) is 0 Å². The lowest BCUT2D eigenvalue weighted by molar-refractivity contribution is 0.468. The van der Waals surface area contributed by atoms with E-state index >= 15 is 0 Å². The smallest absolute Gasteiger partial charge is 0.254 e. The van der Waals surface area contributed by atoms with Crippen molar-refractivity contribution in [1.29, 1.82) is 5.26 Å². The maximum Gasteiger partial charge on any atom is 0.265 e. The lowest BCUT2D eigenvalue weighted by Gasteiger charge is -2.38. The number of anilines is 1. The van der Waals surface area contributed by atoms with Gasteiger partial charge in [0.05, 0.1) is 28.6 Å². The minimum absolute atomic E-state index is 0.0663. The Hall–Kier alpha value is -3.10. The molecule has 4 nitrogen and oxygen atoms in total. The number of nitriles is 1. The molecule has 5 heteroatoms. The van der Waals surface area contributed by atoms with Crippen LogP contribution in [0.5, 0.6) is 0 Å². The molecule has 3 aromatic rings. The van der Waals surface area contributed by atoms with E-state index < -0.39 is 15.6 Å². The molecule has 28 heavy (non-hydrogen) atoms. The summed E-state index contributed by atoms with van der Waals surface area (Å²) in [6.45, 7) is 1.92. The highest BCUT2D eigenvalue weighted by atomic mass is 32.2. The fourth-order valence-electron chi connectivity index (χ4n) is 3.99. The Bertz CT molecular complexity index is 1150. The summed E-state index contributed by atoms with van der Waals surface area (Å²) in [4.78, 5) is 0.230. The molecule has 0 aromatic heterocycles. The first kappa shape index (κ1) is 18.3. The lowest BCUT2D eigenvalue weighted by atomic mass is 9.84. The number of para-hydroxylation sites is 1. The molecule has 1 atom stereocenters. The number of hydrogen-bond donors (Lipinski definition) is 0. The molecule has 0 N–H and O–H groups in total.